The quantitative estimate of drug-likeness (QED) is 0.578. The molecule has 0 aliphatic heterocycles. The highest BCUT2D eigenvalue weighted by atomic mass is 15.2. The van der Waals surface area contributed by atoms with Gasteiger partial charge in [0, 0.05) is 24.5 Å². The van der Waals surface area contributed by atoms with Crippen LogP contribution in [0.1, 0.15) is 25.0 Å². The molecule has 3 rings (SSSR count). The fourth-order valence-corrected chi connectivity index (χ4v) is 3.26. The molecule has 0 fully saturated rings. The lowest BCUT2D eigenvalue weighted by Crippen LogP contribution is -2.22. The molecule has 0 bridgehead atoms. The van der Waals surface area contributed by atoms with Gasteiger partial charge in [0.15, 0.2) is 5.82 Å². The Morgan fingerprint density at radius 3 is 1.85 bits per heavy atom. The number of nitrogens with zero attached hydrogens (tertiary/aromatic N) is 4. The van der Waals surface area contributed by atoms with Crippen LogP contribution in [0.3, 0.4) is 0 Å². The summed E-state index contributed by atoms with van der Waals surface area (Å²) in [6.45, 7) is 7.68. The third kappa shape index (κ3) is 3.78. The second kappa shape index (κ2) is 8.37. The average Bonchev–Trinajstić information content (AvgIpc) is 2.71. The second-order valence-electron chi connectivity index (χ2n) is 6.27. The van der Waals surface area contributed by atoms with Crippen LogP contribution in [0.4, 0.5) is 23.0 Å². The zero-order chi connectivity index (χ0) is 19.2. The molecule has 27 heavy (non-hydrogen) atoms. The molecular formula is C23H24N4. The molecule has 0 saturated heterocycles. The lowest BCUT2D eigenvalue weighted by Gasteiger charge is -2.28. The van der Waals surface area contributed by atoms with E-state index in [0.717, 1.165) is 35.8 Å². The van der Waals surface area contributed by atoms with Crippen LogP contribution in [0.15, 0.2) is 66.7 Å². The first-order chi connectivity index (χ1) is 13.2. The van der Waals surface area contributed by atoms with E-state index in [1.165, 1.54) is 0 Å². The van der Waals surface area contributed by atoms with Crippen LogP contribution in [0.2, 0.25) is 0 Å². The Balaban J connectivity index is 2.15. The molecule has 3 aromatic rings. The standard InChI is InChI=1S/C23H24N4/c1-4-26(19-12-8-6-9-13-19)22-16-18(3)21(17-24)23(25-22)27(5-2)20-14-10-7-11-15-20/h6-16H,4-5H2,1-3H3. The van der Waals surface area contributed by atoms with E-state index < -0.39 is 0 Å². The van der Waals surface area contributed by atoms with Crippen molar-refractivity contribution < 1.29 is 0 Å². The van der Waals surface area contributed by atoms with Gasteiger partial charge in [-0.05, 0) is 56.7 Å². The summed E-state index contributed by atoms with van der Waals surface area (Å²) >= 11 is 0. The number of rotatable bonds is 6. The number of para-hydroxylation sites is 2. The Hall–Kier alpha value is -3.32. The van der Waals surface area contributed by atoms with Gasteiger partial charge in [-0.1, -0.05) is 36.4 Å². The molecule has 4 nitrogen and oxygen atoms in total. The Bertz CT molecular complexity index is 930. The van der Waals surface area contributed by atoms with Crippen LogP contribution in [-0.4, -0.2) is 18.1 Å². The van der Waals surface area contributed by atoms with Crippen LogP contribution in [0, 0.1) is 18.3 Å². The molecular weight excluding hydrogens is 332 g/mol. The average molecular weight is 356 g/mol. The van der Waals surface area contributed by atoms with E-state index >= 15 is 0 Å². The summed E-state index contributed by atoms with van der Waals surface area (Å²) in [7, 11) is 0. The van der Waals surface area contributed by atoms with E-state index in [9.17, 15) is 5.26 Å². The van der Waals surface area contributed by atoms with Crippen LogP contribution < -0.4 is 9.80 Å². The fourth-order valence-electron chi connectivity index (χ4n) is 3.26. The van der Waals surface area contributed by atoms with Gasteiger partial charge in [-0.3, -0.25) is 0 Å². The Labute approximate surface area is 161 Å². The largest absolute Gasteiger partial charge is 0.327 e. The minimum absolute atomic E-state index is 0.619. The number of anilines is 4. The fraction of sp³-hybridized carbons (Fsp3) is 0.217. The van der Waals surface area contributed by atoms with Gasteiger partial charge in [0.1, 0.15) is 11.9 Å². The van der Waals surface area contributed by atoms with Crippen LogP contribution in [0.25, 0.3) is 0 Å². The van der Waals surface area contributed by atoms with E-state index in [1.54, 1.807) is 0 Å². The second-order valence-corrected chi connectivity index (χ2v) is 6.27. The van der Waals surface area contributed by atoms with Crippen molar-refractivity contribution in [1.82, 2.24) is 4.98 Å². The van der Waals surface area contributed by atoms with Gasteiger partial charge in [0.2, 0.25) is 0 Å². The smallest absolute Gasteiger partial charge is 0.153 e. The topological polar surface area (TPSA) is 43.2 Å². The molecule has 0 amide bonds. The van der Waals surface area contributed by atoms with Crippen molar-refractivity contribution in [3.63, 3.8) is 0 Å². The molecule has 1 aromatic heterocycles. The Kier molecular flexibility index (Phi) is 5.73. The van der Waals surface area contributed by atoms with Gasteiger partial charge in [0.25, 0.3) is 0 Å². The van der Waals surface area contributed by atoms with Gasteiger partial charge in [-0.25, -0.2) is 4.98 Å². The van der Waals surface area contributed by atoms with Crippen LogP contribution in [0.5, 0.6) is 0 Å². The maximum Gasteiger partial charge on any atom is 0.153 e. The number of pyridine rings is 1. The molecule has 1 heterocycles. The lowest BCUT2D eigenvalue weighted by atomic mass is 10.1. The molecule has 136 valence electrons. The van der Waals surface area contributed by atoms with E-state index in [-0.39, 0.29) is 0 Å². The summed E-state index contributed by atoms with van der Waals surface area (Å²) < 4.78 is 0. The number of aryl methyl sites for hydroxylation is 1. The molecule has 0 atom stereocenters. The molecule has 4 heteroatoms. The number of aromatic nitrogens is 1. The SMILES string of the molecule is CCN(c1ccccc1)c1cc(C)c(C#N)c(N(CC)c2ccccc2)n1. The Morgan fingerprint density at radius 2 is 1.37 bits per heavy atom. The lowest BCUT2D eigenvalue weighted by molar-refractivity contribution is 0.947. The molecule has 0 aliphatic carbocycles. The molecule has 0 N–H and O–H groups in total. The molecule has 0 unspecified atom stereocenters. The van der Waals surface area contributed by atoms with Gasteiger partial charge in [-0.2, -0.15) is 5.26 Å². The van der Waals surface area contributed by atoms with Crippen molar-refractivity contribution in [2.75, 3.05) is 22.9 Å². The number of nitriles is 1. The summed E-state index contributed by atoms with van der Waals surface area (Å²) in [5.41, 5.74) is 3.67. The van der Waals surface area contributed by atoms with Crippen molar-refractivity contribution in [1.29, 1.82) is 5.26 Å². The normalized spacial score (nSPS) is 10.3. The van der Waals surface area contributed by atoms with Crippen molar-refractivity contribution >= 4 is 23.0 Å². The zero-order valence-electron chi connectivity index (χ0n) is 16.1. The highest BCUT2D eigenvalue weighted by Crippen LogP contribution is 2.33. The molecule has 0 saturated carbocycles. The predicted molar refractivity (Wildman–Crippen MR) is 112 cm³/mol. The first kappa shape index (κ1) is 18.5. The van der Waals surface area contributed by atoms with Crippen LogP contribution in [-0.2, 0) is 0 Å². The van der Waals surface area contributed by atoms with Gasteiger partial charge in [0.05, 0.1) is 5.56 Å². The minimum Gasteiger partial charge on any atom is -0.327 e. The van der Waals surface area contributed by atoms with E-state index in [0.29, 0.717) is 11.4 Å². The van der Waals surface area contributed by atoms with E-state index in [4.69, 9.17) is 4.98 Å². The molecule has 0 radical (unpaired) electrons. The van der Waals surface area contributed by atoms with Gasteiger partial charge < -0.3 is 9.80 Å². The number of hydrogen-bond acceptors (Lipinski definition) is 4. The number of hydrogen-bond donors (Lipinski definition) is 0. The third-order valence-corrected chi connectivity index (χ3v) is 4.60. The summed E-state index contributed by atoms with van der Waals surface area (Å²) in [5.74, 6) is 1.56. The summed E-state index contributed by atoms with van der Waals surface area (Å²) in [6.07, 6.45) is 0. The summed E-state index contributed by atoms with van der Waals surface area (Å²) in [5, 5.41) is 9.76. The van der Waals surface area contributed by atoms with E-state index in [1.807, 2.05) is 61.5 Å². The molecule has 0 spiro atoms. The van der Waals surface area contributed by atoms with Gasteiger partial charge in [-0.15, -0.1) is 0 Å². The molecule has 2 aromatic carbocycles. The van der Waals surface area contributed by atoms with Crippen LogP contribution >= 0.6 is 0 Å². The minimum atomic E-state index is 0.619. The summed E-state index contributed by atoms with van der Waals surface area (Å²) in [6, 6.07) is 24.6. The van der Waals surface area contributed by atoms with Crippen molar-refractivity contribution in [2.24, 2.45) is 0 Å². The highest BCUT2D eigenvalue weighted by molar-refractivity contribution is 5.72. The zero-order valence-corrected chi connectivity index (χ0v) is 16.1. The first-order valence-electron chi connectivity index (χ1n) is 9.26. The first-order valence-corrected chi connectivity index (χ1v) is 9.26. The maximum absolute atomic E-state index is 9.76. The molecule has 0 aliphatic rings. The van der Waals surface area contributed by atoms with E-state index in [2.05, 4.69) is 41.8 Å². The monoisotopic (exact) mass is 356 g/mol. The maximum atomic E-state index is 9.76. The van der Waals surface area contributed by atoms with Gasteiger partial charge >= 0.3 is 0 Å². The van der Waals surface area contributed by atoms with Crippen molar-refractivity contribution in [3.8, 4) is 6.07 Å². The third-order valence-electron chi connectivity index (χ3n) is 4.60. The summed E-state index contributed by atoms with van der Waals surface area (Å²) in [4.78, 5) is 9.18. The highest BCUT2D eigenvalue weighted by Gasteiger charge is 2.19. The number of benzene rings is 2. The van der Waals surface area contributed by atoms with Crippen molar-refractivity contribution in [2.45, 2.75) is 20.8 Å². The predicted octanol–water partition coefficient (Wildman–Crippen LogP) is 5.58. The Morgan fingerprint density at radius 1 is 0.852 bits per heavy atom. The van der Waals surface area contributed by atoms with Crippen molar-refractivity contribution in [3.05, 3.63) is 77.9 Å².